The van der Waals surface area contributed by atoms with Crippen molar-refractivity contribution >= 4 is 0 Å². The van der Waals surface area contributed by atoms with Crippen molar-refractivity contribution in [3.05, 3.63) is 0 Å². The predicted octanol–water partition coefficient (Wildman–Crippen LogP) is 4.51. The van der Waals surface area contributed by atoms with Crippen molar-refractivity contribution in [1.82, 2.24) is 5.32 Å². The van der Waals surface area contributed by atoms with Crippen LogP contribution in [0.15, 0.2) is 0 Å². The Morgan fingerprint density at radius 2 is 1.56 bits per heavy atom. The van der Waals surface area contributed by atoms with Crippen molar-refractivity contribution in [3.8, 4) is 0 Å². The van der Waals surface area contributed by atoms with Gasteiger partial charge in [0.25, 0.3) is 0 Å². The summed E-state index contributed by atoms with van der Waals surface area (Å²) in [5.41, 5.74) is 0. The van der Waals surface area contributed by atoms with E-state index in [1.807, 2.05) is 0 Å². The second-order valence-corrected chi connectivity index (χ2v) is 5.63. The minimum atomic E-state index is 0.739. The molecule has 1 aliphatic carbocycles. The molecular weight excluding hydrogens is 194 g/mol. The fourth-order valence-electron chi connectivity index (χ4n) is 3.15. The van der Waals surface area contributed by atoms with E-state index in [0.717, 1.165) is 18.0 Å². The van der Waals surface area contributed by atoms with Crippen LogP contribution < -0.4 is 5.32 Å². The molecule has 1 N–H and O–H groups in total. The van der Waals surface area contributed by atoms with E-state index in [1.165, 1.54) is 57.8 Å². The first-order valence-corrected chi connectivity index (χ1v) is 7.54. The van der Waals surface area contributed by atoms with Gasteiger partial charge in [-0.2, -0.15) is 0 Å². The summed E-state index contributed by atoms with van der Waals surface area (Å²) in [5, 5.41) is 3.89. The van der Waals surface area contributed by atoms with E-state index in [4.69, 9.17) is 0 Å². The van der Waals surface area contributed by atoms with Crippen molar-refractivity contribution < 1.29 is 0 Å². The Bertz CT molecular complexity index is 155. The molecule has 16 heavy (non-hydrogen) atoms. The number of nitrogens with one attached hydrogen (secondary N) is 1. The largest absolute Gasteiger partial charge is 0.311 e. The van der Waals surface area contributed by atoms with Gasteiger partial charge >= 0.3 is 0 Å². The second kappa shape index (κ2) is 8.11. The maximum absolute atomic E-state index is 3.89. The Kier molecular flexibility index (Phi) is 7.11. The SMILES string of the molecule is CCCC(CCC)N[C@@H](C)C1CCCCC1. The van der Waals surface area contributed by atoms with Crippen LogP contribution in [0, 0.1) is 5.92 Å². The summed E-state index contributed by atoms with van der Waals surface area (Å²) in [6.07, 6.45) is 12.6. The molecule has 0 bridgehead atoms. The molecule has 1 saturated carbocycles. The quantitative estimate of drug-likeness (QED) is 0.672. The predicted molar refractivity (Wildman–Crippen MR) is 72.8 cm³/mol. The fourth-order valence-corrected chi connectivity index (χ4v) is 3.15. The second-order valence-electron chi connectivity index (χ2n) is 5.63. The summed E-state index contributed by atoms with van der Waals surface area (Å²) >= 11 is 0. The average molecular weight is 225 g/mol. The van der Waals surface area contributed by atoms with Crippen molar-refractivity contribution in [2.75, 3.05) is 0 Å². The molecular formula is C15H31N. The van der Waals surface area contributed by atoms with Crippen LogP contribution in [0.25, 0.3) is 0 Å². The standard InChI is InChI=1S/C15H31N/c1-4-9-15(10-5-2)16-13(3)14-11-7-6-8-12-14/h13-16H,4-12H2,1-3H3/t13-/m0/s1. The van der Waals surface area contributed by atoms with Gasteiger partial charge in [-0.1, -0.05) is 46.0 Å². The number of hydrogen-bond acceptors (Lipinski definition) is 1. The summed E-state index contributed by atoms with van der Waals surface area (Å²) in [7, 11) is 0. The topological polar surface area (TPSA) is 12.0 Å². The minimum absolute atomic E-state index is 0.739. The molecule has 0 radical (unpaired) electrons. The van der Waals surface area contributed by atoms with E-state index in [2.05, 4.69) is 26.1 Å². The Balaban J connectivity index is 2.30. The van der Waals surface area contributed by atoms with Gasteiger partial charge < -0.3 is 5.32 Å². The highest BCUT2D eigenvalue weighted by atomic mass is 14.9. The smallest absolute Gasteiger partial charge is 0.00695 e. The highest BCUT2D eigenvalue weighted by molar-refractivity contribution is 4.79. The monoisotopic (exact) mass is 225 g/mol. The lowest BCUT2D eigenvalue weighted by Crippen LogP contribution is -2.41. The van der Waals surface area contributed by atoms with E-state index in [1.54, 1.807) is 0 Å². The molecule has 1 rings (SSSR count). The molecule has 0 unspecified atom stereocenters. The molecule has 0 spiro atoms. The van der Waals surface area contributed by atoms with Crippen molar-refractivity contribution in [1.29, 1.82) is 0 Å². The lowest BCUT2D eigenvalue weighted by Gasteiger charge is -2.31. The van der Waals surface area contributed by atoms with Crippen LogP contribution in [-0.2, 0) is 0 Å². The summed E-state index contributed by atoms with van der Waals surface area (Å²) < 4.78 is 0. The molecule has 0 aliphatic heterocycles. The molecule has 0 aromatic heterocycles. The van der Waals surface area contributed by atoms with Crippen LogP contribution in [0.2, 0.25) is 0 Å². The van der Waals surface area contributed by atoms with Crippen molar-refractivity contribution in [2.24, 2.45) is 5.92 Å². The fraction of sp³-hybridized carbons (Fsp3) is 1.00. The maximum Gasteiger partial charge on any atom is 0.00695 e. The van der Waals surface area contributed by atoms with Crippen LogP contribution >= 0.6 is 0 Å². The Morgan fingerprint density at radius 1 is 1.00 bits per heavy atom. The average Bonchev–Trinajstić information content (AvgIpc) is 2.31. The minimum Gasteiger partial charge on any atom is -0.311 e. The van der Waals surface area contributed by atoms with Gasteiger partial charge in [-0.25, -0.2) is 0 Å². The van der Waals surface area contributed by atoms with Crippen molar-refractivity contribution in [2.45, 2.75) is 90.6 Å². The van der Waals surface area contributed by atoms with Gasteiger partial charge in [0.1, 0.15) is 0 Å². The van der Waals surface area contributed by atoms with Gasteiger partial charge in [-0.3, -0.25) is 0 Å². The Morgan fingerprint density at radius 3 is 2.06 bits per heavy atom. The molecule has 1 atom stereocenters. The molecule has 1 nitrogen and oxygen atoms in total. The zero-order valence-electron chi connectivity index (χ0n) is 11.6. The lowest BCUT2D eigenvalue weighted by atomic mass is 9.84. The zero-order valence-corrected chi connectivity index (χ0v) is 11.6. The molecule has 1 aliphatic rings. The van der Waals surface area contributed by atoms with E-state index >= 15 is 0 Å². The normalized spacial score (nSPS) is 20.2. The summed E-state index contributed by atoms with van der Waals surface area (Å²) in [6.45, 7) is 7.01. The molecule has 1 heteroatoms. The van der Waals surface area contributed by atoms with Crippen LogP contribution in [0.1, 0.15) is 78.6 Å². The van der Waals surface area contributed by atoms with E-state index in [0.29, 0.717) is 0 Å². The van der Waals surface area contributed by atoms with Crippen LogP contribution in [0.3, 0.4) is 0 Å². The first-order valence-electron chi connectivity index (χ1n) is 7.54. The summed E-state index contributed by atoms with van der Waals surface area (Å²) in [5.74, 6) is 0.949. The molecule has 96 valence electrons. The number of rotatable bonds is 7. The van der Waals surface area contributed by atoms with Gasteiger partial charge in [0.05, 0.1) is 0 Å². The van der Waals surface area contributed by atoms with Crippen LogP contribution in [0.5, 0.6) is 0 Å². The van der Waals surface area contributed by atoms with Crippen LogP contribution in [0.4, 0.5) is 0 Å². The highest BCUT2D eigenvalue weighted by Crippen LogP contribution is 2.26. The third-order valence-corrected chi connectivity index (χ3v) is 4.13. The van der Waals surface area contributed by atoms with E-state index in [9.17, 15) is 0 Å². The van der Waals surface area contributed by atoms with Gasteiger partial charge in [-0.15, -0.1) is 0 Å². The molecule has 0 aromatic rings. The first-order chi connectivity index (χ1) is 7.77. The third kappa shape index (κ3) is 4.86. The summed E-state index contributed by atoms with van der Waals surface area (Å²) in [6, 6.07) is 1.51. The first kappa shape index (κ1) is 14.0. The van der Waals surface area contributed by atoms with E-state index in [-0.39, 0.29) is 0 Å². The summed E-state index contributed by atoms with van der Waals surface area (Å²) in [4.78, 5) is 0. The number of hydrogen-bond donors (Lipinski definition) is 1. The highest BCUT2D eigenvalue weighted by Gasteiger charge is 2.21. The van der Waals surface area contributed by atoms with Gasteiger partial charge in [0.2, 0.25) is 0 Å². The van der Waals surface area contributed by atoms with Gasteiger partial charge in [0.15, 0.2) is 0 Å². The van der Waals surface area contributed by atoms with Crippen LogP contribution in [-0.4, -0.2) is 12.1 Å². The molecule has 0 amide bonds. The third-order valence-electron chi connectivity index (χ3n) is 4.13. The molecule has 0 saturated heterocycles. The molecule has 0 heterocycles. The van der Waals surface area contributed by atoms with Gasteiger partial charge in [-0.05, 0) is 38.5 Å². The Hall–Kier alpha value is -0.0400. The molecule has 0 aromatic carbocycles. The maximum atomic E-state index is 3.89. The van der Waals surface area contributed by atoms with Crippen molar-refractivity contribution in [3.63, 3.8) is 0 Å². The zero-order chi connectivity index (χ0) is 11.8. The lowest BCUT2D eigenvalue weighted by molar-refractivity contribution is 0.255. The van der Waals surface area contributed by atoms with E-state index < -0.39 is 0 Å². The Labute approximate surface area is 102 Å². The molecule has 1 fully saturated rings. The van der Waals surface area contributed by atoms with Gasteiger partial charge in [0, 0.05) is 12.1 Å².